The van der Waals surface area contributed by atoms with Crippen molar-refractivity contribution < 1.29 is 22.6 Å². The van der Waals surface area contributed by atoms with Crippen molar-refractivity contribution >= 4 is 27.6 Å². The van der Waals surface area contributed by atoms with Gasteiger partial charge in [-0.3, -0.25) is 9.29 Å². The third kappa shape index (κ3) is 5.43. The number of anilines is 1. The molecule has 0 aliphatic heterocycles. The quantitative estimate of drug-likeness (QED) is 0.408. The topological polar surface area (TPSA) is 143 Å². The van der Waals surface area contributed by atoms with Crippen molar-refractivity contribution in [1.29, 1.82) is 0 Å². The van der Waals surface area contributed by atoms with Crippen molar-refractivity contribution in [1.82, 2.24) is 29.7 Å². The highest BCUT2D eigenvalue weighted by atomic mass is 35.5. The summed E-state index contributed by atoms with van der Waals surface area (Å²) in [6, 6.07) is 5.15. The molecule has 3 rings (SSSR count). The maximum Gasteiger partial charge on any atom is 0.240 e. The van der Waals surface area contributed by atoms with E-state index < -0.39 is 27.6 Å². The van der Waals surface area contributed by atoms with Crippen LogP contribution in [0.5, 0.6) is 5.88 Å². The van der Waals surface area contributed by atoms with Crippen LogP contribution in [0.15, 0.2) is 30.6 Å². The summed E-state index contributed by atoms with van der Waals surface area (Å²) in [7, 11) is 0.337. The second-order valence-corrected chi connectivity index (χ2v) is 9.62. The van der Waals surface area contributed by atoms with Gasteiger partial charge < -0.3 is 14.2 Å². The molecular weight excluding hydrogens is 486 g/mol. The van der Waals surface area contributed by atoms with Gasteiger partial charge >= 0.3 is 0 Å². The van der Waals surface area contributed by atoms with E-state index in [1.54, 1.807) is 18.2 Å². The van der Waals surface area contributed by atoms with Gasteiger partial charge in [-0.2, -0.15) is 0 Å². The van der Waals surface area contributed by atoms with E-state index in [4.69, 9.17) is 25.8 Å². The molecule has 0 radical (unpaired) electrons. The van der Waals surface area contributed by atoms with Gasteiger partial charge in [0.2, 0.25) is 21.9 Å². The zero-order valence-corrected chi connectivity index (χ0v) is 20.9. The van der Waals surface area contributed by atoms with E-state index in [2.05, 4.69) is 29.9 Å². The fourth-order valence-electron chi connectivity index (χ4n) is 3.28. The molecule has 1 N–H and O–H groups in total. The number of hydrogen-bond donors (Lipinski definition) is 1. The van der Waals surface area contributed by atoms with Crippen LogP contribution in [0, 0.1) is 0 Å². The highest BCUT2D eigenvalue weighted by molar-refractivity contribution is 7.93. The number of nitrogens with zero attached hydrogens (tertiary/aromatic N) is 6. The molecule has 0 bridgehead atoms. The molecule has 0 amide bonds. The van der Waals surface area contributed by atoms with Gasteiger partial charge in [-0.15, -0.1) is 10.2 Å². The minimum Gasteiger partial charge on any atom is -0.481 e. The molecule has 0 aliphatic carbocycles. The third-order valence-electron chi connectivity index (χ3n) is 5.06. The Hall–Kier alpha value is -2.87. The Morgan fingerprint density at radius 1 is 1.12 bits per heavy atom. The average molecular weight is 512 g/mol. The first-order valence-corrected chi connectivity index (χ1v) is 12.2. The lowest BCUT2D eigenvalue weighted by Gasteiger charge is -2.23. The molecule has 1 unspecified atom stereocenters. The molecule has 3 aromatic heterocycles. The van der Waals surface area contributed by atoms with Crippen molar-refractivity contribution in [3.63, 3.8) is 0 Å². The van der Waals surface area contributed by atoms with E-state index in [1.807, 2.05) is 6.92 Å². The highest BCUT2D eigenvalue weighted by Gasteiger charge is 2.35. The van der Waals surface area contributed by atoms with Gasteiger partial charge in [-0.05, 0) is 19.4 Å². The van der Waals surface area contributed by atoms with Crippen LogP contribution in [0.3, 0.4) is 0 Å². The highest BCUT2D eigenvalue weighted by Crippen LogP contribution is 2.30. The van der Waals surface area contributed by atoms with E-state index in [0.29, 0.717) is 28.8 Å². The van der Waals surface area contributed by atoms with Crippen LogP contribution in [0.1, 0.15) is 38.4 Å². The normalized spacial score (nSPS) is 14.4. The predicted octanol–water partition coefficient (Wildman–Crippen LogP) is 2.87. The number of pyridine rings is 1. The van der Waals surface area contributed by atoms with E-state index in [0.717, 1.165) is 0 Å². The Bertz CT molecular complexity index is 1200. The summed E-state index contributed by atoms with van der Waals surface area (Å²) in [5.74, 6) is 0.823. The minimum atomic E-state index is -4.05. The van der Waals surface area contributed by atoms with Crippen LogP contribution >= 0.6 is 11.6 Å². The Labute approximate surface area is 202 Å². The second-order valence-electron chi connectivity index (χ2n) is 7.15. The molecule has 0 fully saturated rings. The molecule has 12 nitrogen and oxygen atoms in total. The maximum absolute atomic E-state index is 13.3. The summed E-state index contributed by atoms with van der Waals surface area (Å²) in [6.45, 7) is 3.37. The van der Waals surface area contributed by atoms with Gasteiger partial charge in [0, 0.05) is 32.7 Å². The van der Waals surface area contributed by atoms with E-state index >= 15 is 0 Å². The molecule has 0 saturated carbocycles. The standard InChI is InChI=1S/C20H26ClN7O5S/c1-6-16(32-4)28-19(14-8-7-9-15(24-14)31-3)25-26-20(28)27-34(29,30)12(2)17(33-5)18-22-10-13(21)11-23-18/h7-12,16-17H,6H2,1-5H3,(H,26,27)/t12-,16?,17-/m0/s1. The second kappa shape index (κ2) is 11.0. The third-order valence-corrected chi connectivity index (χ3v) is 6.95. The molecule has 184 valence electrons. The molecule has 0 spiro atoms. The van der Waals surface area contributed by atoms with Crippen molar-refractivity contribution in [2.45, 2.75) is 37.9 Å². The van der Waals surface area contributed by atoms with Crippen molar-refractivity contribution in [3.05, 3.63) is 41.4 Å². The van der Waals surface area contributed by atoms with Crippen LogP contribution in [0.2, 0.25) is 5.02 Å². The number of ether oxygens (including phenoxy) is 3. The first kappa shape index (κ1) is 25.7. The first-order chi connectivity index (χ1) is 16.2. The van der Waals surface area contributed by atoms with Gasteiger partial charge in [0.15, 0.2) is 11.6 Å². The lowest BCUT2D eigenvalue weighted by Crippen LogP contribution is -2.34. The molecule has 0 saturated heterocycles. The van der Waals surface area contributed by atoms with Crippen LogP contribution in [-0.4, -0.2) is 64.7 Å². The van der Waals surface area contributed by atoms with Gasteiger partial charge in [0.1, 0.15) is 23.3 Å². The SMILES string of the molecule is CCC(OC)n1c(NS(=O)(=O)[C@@H](C)[C@H](OC)c2ncc(Cl)cn2)nnc1-c1cccc(OC)n1. The number of rotatable bonds is 11. The van der Waals surface area contributed by atoms with Gasteiger partial charge in [-0.1, -0.05) is 24.6 Å². The van der Waals surface area contributed by atoms with Crippen LogP contribution < -0.4 is 9.46 Å². The van der Waals surface area contributed by atoms with Crippen LogP contribution in [-0.2, 0) is 19.5 Å². The summed E-state index contributed by atoms with van der Waals surface area (Å²) in [4.78, 5) is 12.6. The number of hydrogen-bond acceptors (Lipinski definition) is 10. The lowest BCUT2D eigenvalue weighted by molar-refractivity contribution is 0.0437. The van der Waals surface area contributed by atoms with Crippen molar-refractivity contribution in [3.8, 4) is 17.4 Å². The molecular formula is C20H26ClN7O5S. The first-order valence-electron chi connectivity index (χ1n) is 10.3. The van der Waals surface area contributed by atoms with Crippen LogP contribution in [0.4, 0.5) is 5.95 Å². The van der Waals surface area contributed by atoms with Gasteiger partial charge in [-0.25, -0.2) is 23.4 Å². The maximum atomic E-state index is 13.3. The molecule has 3 aromatic rings. The molecule has 14 heteroatoms. The van der Waals surface area contributed by atoms with Crippen molar-refractivity contribution in [2.75, 3.05) is 26.1 Å². The number of aromatic nitrogens is 6. The number of halogens is 1. The summed E-state index contributed by atoms with van der Waals surface area (Å²) in [5, 5.41) is 7.48. The smallest absolute Gasteiger partial charge is 0.240 e. The van der Waals surface area contributed by atoms with E-state index in [1.165, 1.54) is 45.2 Å². The largest absolute Gasteiger partial charge is 0.481 e. The number of nitrogens with one attached hydrogen (secondary N) is 1. The molecule has 0 aromatic carbocycles. The average Bonchev–Trinajstić information content (AvgIpc) is 3.24. The monoisotopic (exact) mass is 511 g/mol. The Kier molecular flexibility index (Phi) is 8.36. The van der Waals surface area contributed by atoms with Gasteiger partial charge in [0.25, 0.3) is 0 Å². The summed E-state index contributed by atoms with van der Waals surface area (Å²) >= 11 is 5.84. The fourth-order valence-corrected chi connectivity index (χ4v) is 4.51. The minimum absolute atomic E-state index is 0.0351. The zero-order valence-electron chi connectivity index (χ0n) is 19.3. The number of methoxy groups -OCH3 is 3. The Morgan fingerprint density at radius 3 is 2.41 bits per heavy atom. The predicted molar refractivity (Wildman–Crippen MR) is 125 cm³/mol. The molecule has 34 heavy (non-hydrogen) atoms. The summed E-state index contributed by atoms with van der Waals surface area (Å²) in [5.41, 5.74) is 0.435. The summed E-state index contributed by atoms with van der Waals surface area (Å²) < 4.78 is 46.8. The summed E-state index contributed by atoms with van der Waals surface area (Å²) in [6.07, 6.45) is 1.72. The number of sulfonamides is 1. The van der Waals surface area contributed by atoms with Crippen LogP contribution in [0.25, 0.3) is 11.5 Å². The zero-order chi connectivity index (χ0) is 24.9. The lowest BCUT2D eigenvalue weighted by atomic mass is 10.2. The Morgan fingerprint density at radius 2 is 1.82 bits per heavy atom. The Balaban J connectivity index is 2.00. The van der Waals surface area contributed by atoms with E-state index in [-0.39, 0.29) is 11.8 Å². The van der Waals surface area contributed by atoms with E-state index in [9.17, 15) is 8.42 Å². The molecule has 3 atom stereocenters. The molecule has 0 aliphatic rings. The molecule has 3 heterocycles. The van der Waals surface area contributed by atoms with Crippen molar-refractivity contribution in [2.24, 2.45) is 0 Å². The van der Waals surface area contributed by atoms with Gasteiger partial charge in [0.05, 0.1) is 12.1 Å². The fraction of sp³-hybridized carbons (Fsp3) is 0.450.